The Morgan fingerprint density at radius 3 is 2.67 bits per heavy atom. The van der Waals surface area contributed by atoms with Gasteiger partial charge in [0.05, 0.1) is 11.5 Å². The molecule has 3 rings (SSSR count). The second-order valence-electron chi connectivity index (χ2n) is 6.34. The third kappa shape index (κ3) is 4.58. The lowest BCUT2D eigenvalue weighted by Crippen LogP contribution is -2.32. The molecule has 2 aromatic carbocycles. The van der Waals surface area contributed by atoms with E-state index >= 15 is 0 Å². The largest absolute Gasteiger partial charge is 0.489 e. The molecule has 0 aliphatic carbocycles. The average Bonchev–Trinajstić information content (AvgIpc) is 2.93. The molecule has 0 amide bonds. The Kier molecular flexibility index (Phi) is 5.21. The van der Waals surface area contributed by atoms with E-state index in [2.05, 4.69) is 12.2 Å². The highest BCUT2D eigenvalue weighted by Gasteiger charge is 2.28. The Labute approximate surface area is 143 Å². The van der Waals surface area contributed by atoms with Crippen LogP contribution >= 0.6 is 0 Å². The van der Waals surface area contributed by atoms with E-state index in [9.17, 15) is 8.42 Å². The highest BCUT2D eigenvalue weighted by atomic mass is 32.2. The highest BCUT2D eigenvalue weighted by molar-refractivity contribution is 7.91. The van der Waals surface area contributed by atoms with Gasteiger partial charge < -0.3 is 10.1 Å². The molecule has 1 aliphatic rings. The molecule has 0 aromatic heterocycles. The molecule has 0 saturated carbocycles. The molecule has 1 fully saturated rings. The van der Waals surface area contributed by atoms with Gasteiger partial charge in [-0.15, -0.1) is 0 Å². The molecule has 4 nitrogen and oxygen atoms in total. The lowest BCUT2D eigenvalue weighted by atomic mass is 10.1. The highest BCUT2D eigenvalue weighted by Crippen LogP contribution is 2.22. The van der Waals surface area contributed by atoms with Crippen molar-refractivity contribution in [1.29, 1.82) is 0 Å². The lowest BCUT2D eigenvalue weighted by molar-refractivity contribution is 0.305. The first-order valence-electron chi connectivity index (χ1n) is 8.25. The fraction of sp³-hybridized carbons (Fsp3) is 0.368. The minimum Gasteiger partial charge on any atom is -0.489 e. The zero-order chi connectivity index (χ0) is 17.0. The van der Waals surface area contributed by atoms with E-state index in [-0.39, 0.29) is 23.6 Å². The molecular weight excluding hydrogens is 322 g/mol. The number of hydrogen-bond donors (Lipinski definition) is 1. The van der Waals surface area contributed by atoms with Gasteiger partial charge in [0.1, 0.15) is 12.4 Å². The quantitative estimate of drug-likeness (QED) is 0.874. The standard InChI is InChI=1S/C19H23NO3S/c1-15(20-18-10-11-24(21,22)14-18)17-8-5-9-19(12-17)23-13-16-6-3-2-4-7-16/h2-9,12,15,18,20H,10-11,13-14H2,1H3/t15-,18-/m0/s1. The molecule has 0 bridgehead atoms. The molecule has 0 spiro atoms. The van der Waals surface area contributed by atoms with E-state index in [0.29, 0.717) is 13.0 Å². The van der Waals surface area contributed by atoms with Gasteiger partial charge >= 0.3 is 0 Å². The topological polar surface area (TPSA) is 55.4 Å². The van der Waals surface area contributed by atoms with Crippen LogP contribution in [0.2, 0.25) is 0 Å². The average molecular weight is 345 g/mol. The maximum Gasteiger partial charge on any atom is 0.151 e. The normalized spacial score (nSPS) is 20.6. The molecule has 1 aliphatic heterocycles. The van der Waals surface area contributed by atoms with E-state index in [1.807, 2.05) is 54.6 Å². The summed E-state index contributed by atoms with van der Waals surface area (Å²) in [4.78, 5) is 0. The van der Waals surface area contributed by atoms with E-state index in [0.717, 1.165) is 16.9 Å². The Morgan fingerprint density at radius 2 is 1.96 bits per heavy atom. The third-order valence-electron chi connectivity index (χ3n) is 4.32. The molecule has 128 valence electrons. The van der Waals surface area contributed by atoms with Gasteiger partial charge in [0.25, 0.3) is 0 Å². The number of sulfone groups is 1. The van der Waals surface area contributed by atoms with Gasteiger partial charge in [0.15, 0.2) is 9.84 Å². The summed E-state index contributed by atoms with van der Waals surface area (Å²) in [5.74, 6) is 1.35. The van der Waals surface area contributed by atoms with Crippen molar-refractivity contribution in [3.05, 3.63) is 65.7 Å². The Bertz CT molecular complexity index is 774. The summed E-state index contributed by atoms with van der Waals surface area (Å²) in [6.07, 6.45) is 0.691. The van der Waals surface area contributed by atoms with Gasteiger partial charge in [-0.2, -0.15) is 0 Å². The lowest BCUT2D eigenvalue weighted by Gasteiger charge is -2.19. The Balaban J connectivity index is 1.60. The fourth-order valence-electron chi connectivity index (χ4n) is 2.99. The van der Waals surface area contributed by atoms with E-state index in [1.165, 1.54) is 0 Å². The van der Waals surface area contributed by atoms with Crippen LogP contribution < -0.4 is 10.1 Å². The Hall–Kier alpha value is -1.85. The summed E-state index contributed by atoms with van der Waals surface area (Å²) in [7, 11) is -2.86. The van der Waals surface area contributed by atoms with Crippen molar-refractivity contribution >= 4 is 9.84 Å². The van der Waals surface area contributed by atoms with Gasteiger partial charge in [-0.3, -0.25) is 0 Å². The van der Waals surface area contributed by atoms with Crippen molar-refractivity contribution in [3.63, 3.8) is 0 Å². The SMILES string of the molecule is C[C@H](N[C@H]1CCS(=O)(=O)C1)c1cccc(OCc2ccccc2)c1. The first-order chi connectivity index (χ1) is 11.5. The van der Waals surface area contributed by atoms with E-state index in [1.54, 1.807) is 0 Å². The number of hydrogen-bond acceptors (Lipinski definition) is 4. The minimum absolute atomic E-state index is 0.0406. The second-order valence-corrected chi connectivity index (χ2v) is 8.56. The summed E-state index contributed by atoms with van der Waals surface area (Å²) < 4.78 is 29.0. The zero-order valence-electron chi connectivity index (χ0n) is 13.8. The van der Waals surface area contributed by atoms with Gasteiger partial charge in [-0.05, 0) is 36.6 Å². The summed E-state index contributed by atoms with van der Waals surface area (Å²) in [5.41, 5.74) is 2.23. The monoisotopic (exact) mass is 345 g/mol. The van der Waals surface area contributed by atoms with Crippen molar-refractivity contribution in [2.24, 2.45) is 0 Å². The predicted octanol–water partition coefficient (Wildman–Crippen LogP) is 3.10. The van der Waals surface area contributed by atoms with Crippen LogP contribution in [0.5, 0.6) is 5.75 Å². The fourth-order valence-corrected chi connectivity index (χ4v) is 4.68. The number of benzene rings is 2. The van der Waals surface area contributed by atoms with Gasteiger partial charge in [-0.25, -0.2) is 8.42 Å². The maximum atomic E-state index is 11.6. The predicted molar refractivity (Wildman–Crippen MR) is 95.8 cm³/mol. The van der Waals surface area contributed by atoms with Crippen LogP contribution in [0, 0.1) is 0 Å². The third-order valence-corrected chi connectivity index (χ3v) is 6.09. The van der Waals surface area contributed by atoms with Crippen LogP contribution in [0.15, 0.2) is 54.6 Å². The molecule has 2 atom stereocenters. The van der Waals surface area contributed by atoms with E-state index < -0.39 is 9.84 Å². The van der Waals surface area contributed by atoms with Crippen molar-refractivity contribution < 1.29 is 13.2 Å². The molecule has 1 saturated heterocycles. The van der Waals surface area contributed by atoms with Crippen LogP contribution in [0.25, 0.3) is 0 Å². The minimum atomic E-state index is -2.86. The maximum absolute atomic E-state index is 11.6. The zero-order valence-corrected chi connectivity index (χ0v) is 14.6. The van der Waals surface area contributed by atoms with Crippen molar-refractivity contribution in [2.75, 3.05) is 11.5 Å². The molecule has 1 N–H and O–H groups in total. The number of ether oxygens (including phenoxy) is 1. The summed E-state index contributed by atoms with van der Waals surface area (Å²) in [6.45, 7) is 2.59. The van der Waals surface area contributed by atoms with Crippen molar-refractivity contribution in [2.45, 2.75) is 32.0 Å². The van der Waals surface area contributed by atoms with E-state index in [4.69, 9.17) is 4.74 Å². The van der Waals surface area contributed by atoms with Crippen molar-refractivity contribution in [3.8, 4) is 5.75 Å². The molecular formula is C19H23NO3S. The van der Waals surface area contributed by atoms with Crippen LogP contribution in [0.1, 0.15) is 30.5 Å². The summed E-state index contributed by atoms with van der Waals surface area (Å²) in [6, 6.07) is 18.2. The Morgan fingerprint density at radius 1 is 1.17 bits per heavy atom. The summed E-state index contributed by atoms with van der Waals surface area (Å²) >= 11 is 0. The number of rotatable bonds is 6. The van der Waals surface area contributed by atoms with Crippen LogP contribution in [-0.2, 0) is 16.4 Å². The first-order valence-corrected chi connectivity index (χ1v) is 10.1. The second kappa shape index (κ2) is 7.36. The molecule has 0 unspecified atom stereocenters. The first kappa shape index (κ1) is 17.0. The van der Waals surface area contributed by atoms with Gasteiger partial charge in [0, 0.05) is 12.1 Å². The summed E-state index contributed by atoms with van der Waals surface area (Å²) in [5, 5.41) is 3.42. The van der Waals surface area contributed by atoms with Crippen LogP contribution in [0.3, 0.4) is 0 Å². The molecule has 2 aromatic rings. The number of nitrogens with one attached hydrogen (secondary N) is 1. The van der Waals surface area contributed by atoms with Gasteiger partial charge in [0.2, 0.25) is 0 Å². The van der Waals surface area contributed by atoms with Crippen LogP contribution in [-0.4, -0.2) is 26.0 Å². The molecule has 5 heteroatoms. The molecule has 24 heavy (non-hydrogen) atoms. The molecule has 1 heterocycles. The molecule has 0 radical (unpaired) electrons. The van der Waals surface area contributed by atoms with Crippen molar-refractivity contribution in [1.82, 2.24) is 5.32 Å². The smallest absolute Gasteiger partial charge is 0.151 e. The van der Waals surface area contributed by atoms with Gasteiger partial charge in [-0.1, -0.05) is 42.5 Å². The van der Waals surface area contributed by atoms with Crippen LogP contribution in [0.4, 0.5) is 0 Å².